The van der Waals surface area contributed by atoms with E-state index in [4.69, 9.17) is 9.97 Å². The minimum atomic E-state index is -0.937. The van der Waals surface area contributed by atoms with E-state index in [1.54, 1.807) is 12.4 Å². The van der Waals surface area contributed by atoms with Crippen LogP contribution in [0.2, 0.25) is 0 Å². The van der Waals surface area contributed by atoms with Crippen LogP contribution >= 0.6 is 0 Å². The number of aliphatic hydroxyl groups is 1. The molecule has 9 atom stereocenters. The normalized spacial score (nSPS) is 42.2. The fraction of sp³-hybridized carbons (Fsp3) is 0.789. The summed E-state index contributed by atoms with van der Waals surface area (Å²) in [7, 11) is 0. The Morgan fingerprint density at radius 1 is 0.978 bits per heavy atom. The molecule has 7 nitrogen and oxygen atoms in total. The van der Waals surface area contributed by atoms with Crippen LogP contribution in [-0.4, -0.2) is 44.7 Å². The number of carboxylic acid groups (broad SMARTS) is 1. The molecular formula is C38H57N3O4. The van der Waals surface area contributed by atoms with Gasteiger partial charge in [0.05, 0.1) is 23.4 Å². The molecule has 248 valence electrons. The molecule has 0 saturated heterocycles. The van der Waals surface area contributed by atoms with E-state index in [9.17, 15) is 19.8 Å². The number of hydrogen-bond donors (Lipinski definition) is 3. The molecule has 3 saturated carbocycles. The van der Waals surface area contributed by atoms with Gasteiger partial charge in [0, 0.05) is 17.8 Å². The highest BCUT2D eigenvalue weighted by Crippen LogP contribution is 2.75. The Hall–Kier alpha value is -2.28. The number of aliphatic hydroxyl groups excluding tert-OH is 1. The van der Waals surface area contributed by atoms with Gasteiger partial charge in [-0.2, -0.15) is 0 Å². The molecule has 3 N–H and O–H groups in total. The predicted octanol–water partition coefficient (Wildman–Crippen LogP) is 6.88. The Balaban J connectivity index is 1.41. The molecule has 1 unspecified atom stereocenters. The molecule has 1 heterocycles. The highest BCUT2D eigenvalue weighted by atomic mass is 16.4. The molecule has 45 heavy (non-hydrogen) atoms. The predicted molar refractivity (Wildman–Crippen MR) is 175 cm³/mol. The van der Waals surface area contributed by atoms with Crippen LogP contribution in [0.15, 0.2) is 24.0 Å². The van der Waals surface area contributed by atoms with Crippen LogP contribution in [0.5, 0.6) is 0 Å². The summed E-state index contributed by atoms with van der Waals surface area (Å²) >= 11 is 0. The first-order chi connectivity index (χ1) is 21.0. The first-order valence-electron chi connectivity index (χ1n) is 17.6. The van der Waals surface area contributed by atoms with Gasteiger partial charge < -0.3 is 15.5 Å². The fourth-order valence-corrected chi connectivity index (χ4v) is 12.0. The Kier molecular flexibility index (Phi) is 7.70. The van der Waals surface area contributed by atoms with Gasteiger partial charge >= 0.3 is 5.97 Å². The number of hydrogen-bond acceptors (Lipinski definition) is 5. The Morgan fingerprint density at radius 2 is 1.67 bits per heavy atom. The van der Waals surface area contributed by atoms with Crippen molar-refractivity contribution in [2.45, 2.75) is 131 Å². The smallest absolute Gasteiger partial charge is 0.326 e. The molecule has 1 aromatic heterocycles. The summed E-state index contributed by atoms with van der Waals surface area (Å²) in [6.45, 7) is 18.5. The zero-order valence-electron chi connectivity index (χ0n) is 29.0. The lowest BCUT2D eigenvalue weighted by molar-refractivity contribution is -0.172. The van der Waals surface area contributed by atoms with E-state index in [1.165, 1.54) is 5.57 Å². The van der Waals surface area contributed by atoms with E-state index in [0.717, 1.165) is 69.2 Å². The Labute approximate surface area is 270 Å². The summed E-state index contributed by atoms with van der Waals surface area (Å²) in [5.74, 6) is 0.0402. The second-order valence-electron chi connectivity index (χ2n) is 18.0. The number of rotatable bonds is 6. The molecule has 1 aromatic rings. The van der Waals surface area contributed by atoms with Crippen LogP contribution in [0, 0.1) is 50.7 Å². The summed E-state index contributed by atoms with van der Waals surface area (Å²) in [5, 5.41) is 24.0. The third-order valence-corrected chi connectivity index (χ3v) is 14.6. The minimum Gasteiger partial charge on any atom is -0.480 e. The average Bonchev–Trinajstić information content (AvgIpc) is 2.96. The van der Waals surface area contributed by atoms with Gasteiger partial charge in [0.25, 0.3) is 0 Å². The SMILES string of the molecule is CC(C)CC(NC(=O)[C@]12CCC(C)(C)C[C@H]1C1=CC[C@@H]3[C@@]4(C)Cc5nccnc5[C@@](C)(CO)[C@@H]4CC[C@@]3(C)[C@]1(C)CC2)C(=O)O. The molecule has 6 rings (SSSR count). The maximum absolute atomic E-state index is 14.4. The topological polar surface area (TPSA) is 112 Å². The number of carbonyl (C=O) groups is 2. The number of allylic oxidation sites excluding steroid dienone is 2. The summed E-state index contributed by atoms with van der Waals surface area (Å²) in [4.78, 5) is 36.3. The number of carboxylic acids is 1. The maximum atomic E-state index is 14.4. The lowest BCUT2D eigenvalue weighted by Crippen LogP contribution is -2.66. The minimum absolute atomic E-state index is 0.0316. The molecule has 0 bridgehead atoms. The van der Waals surface area contributed by atoms with Crippen molar-refractivity contribution in [3.8, 4) is 0 Å². The van der Waals surface area contributed by atoms with Gasteiger partial charge in [0.2, 0.25) is 5.91 Å². The van der Waals surface area contributed by atoms with Gasteiger partial charge in [0.1, 0.15) is 6.04 Å². The van der Waals surface area contributed by atoms with Crippen LogP contribution in [0.25, 0.3) is 0 Å². The van der Waals surface area contributed by atoms with Crippen molar-refractivity contribution >= 4 is 11.9 Å². The summed E-state index contributed by atoms with van der Waals surface area (Å²) < 4.78 is 0. The van der Waals surface area contributed by atoms with Crippen LogP contribution in [0.1, 0.15) is 125 Å². The van der Waals surface area contributed by atoms with E-state index < -0.39 is 22.8 Å². The van der Waals surface area contributed by atoms with Gasteiger partial charge in [-0.15, -0.1) is 0 Å². The van der Waals surface area contributed by atoms with E-state index >= 15 is 0 Å². The lowest BCUT2D eigenvalue weighted by Gasteiger charge is -2.70. The van der Waals surface area contributed by atoms with Gasteiger partial charge in [-0.1, -0.05) is 67.0 Å². The number of aliphatic carboxylic acids is 1. The first kappa shape index (κ1) is 32.7. The molecule has 5 aliphatic carbocycles. The molecule has 7 heteroatoms. The number of nitrogens with zero attached hydrogens (tertiary/aromatic N) is 2. The van der Waals surface area contributed by atoms with Crippen molar-refractivity contribution < 1.29 is 19.8 Å². The maximum Gasteiger partial charge on any atom is 0.326 e. The van der Waals surface area contributed by atoms with Crippen molar-refractivity contribution in [1.29, 1.82) is 0 Å². The monoisotopic (exact) mass is 619 g/mol. The quantitative estimate of drug-likeness (QED) is 0.299. The van der Waals surface area contributed by atoms with E-state index in [1.807, 2.05) is 13.8 Å². The molecule has 0 radical (unpaired) electrons. The second kappa shape index (κ2) is 10.6. The fourth-order valence-electron chi connectivity index (χ4n) is 12.0. The molecule has 5 aliphatic rings. The van der Waals surface area contributed by atoms with Crippen LogP contribution < -0.4 is 5.32 Å². The first-order valence-corrected chi connectivity index (χ1v) is 17.6. The van der Waals surface area contributed by atoms with Gasteiger partial charge in [-0.3, -0.25) is 14.8 Å². The van der Waals surface area contributed by atoms with Crippen molar-refractivity contribution in [3.63, 3.8) is 0 Å². The van der Waals surface area contributed by atoms with Crippen LogP contribution in [0.3, 0.4) is 0 Å². The van der Waals surface area contributed by atoms with E-state index in [0.29, 0.717) is 18.3 Å². The standard InChI is InChI=1S/C38H57N3O4/c1-23(2)19-26(31(43)44)41-32(45)38-15-13-33(3,4)20-25(38)24-9-10-29-34(5)21-27-30(40-18-17-39-27)35(6,22-42)28(34)11-12-37(29,8)36(24,7)14-16-38/h9,17-18,23,25-26,28-29,42H,10-16,19-22H2,1-8H3,(H,41,45)(H,43,44)/t25-,26?,28+,29+,34-,35-,36+,37+,38-/m0/s1. The van der Waals surface area contributed by atoms with Gasteiger partial charge in [-0.25, -0.2) is 4.79 Å². The Bertz CT molecular complexity index is 1400. The lowest BCUT2D eigenvalue weighted by atomic mass is 9.33. The van der Waals surface area contributed by atoms with Gasteiger partial charge in [0.15, 0.2) is 0 Å². The van der Waals surface area contributed by atoms with Crippen LogP contribution in [-0.2, 0) is 21.4 Å². The molecule has 0 aliphatic heterocycles. The number of carbonyl (C=O) groups excluding carboxylic acids is 1. The highest BCUT2D eigenvalue weighted by Gasteiger charge is 2.69. The molecule has 0 spiro atoms. The molecule has 1 amide bonds. The zero-order valence-corrected chi connectivity index (χ0v) is 29.0. The average molecular weight is 620 g/mol. The second-order valence-corrected chi connectivity index (χ2v) is 18.0. The third kappa shape index (κ3) is 4.59. The molecular weight excluding hydrogens is 562 g/mol. The van der Waals surface area contributed by atoms with Crippen LogP contribution in [0.4, 0.5) is 0 Å². The number of aromatic nitrogens is 2. The number of amides is 1. The zero-order chi connectivity index (χ0) is 32.8. The highest BCUT2D eigenvalue weighted by molar-refractivity contribution is 5.88. The third-order valence-electron chi connectivity index (χ3n) is 14.6. The van der Waals surface area contributed by atoms with Crippen molar-refractivity contribution in [2.75, 3.05) is 6.61 Å². The number of fused-ring (bicyclic) bond motifs is 8. The molecule has 0 aromatic carbocycles. The number of nitrogens with one attached hydrogen (secondary N) is 1. The van der Waals surface area contributed by atoms with Crippen molar-refractivity contribution in [1.82, 2.24) is 15.3 Å². The van der Waals surface area contributed by atoms with Crippen molar-refractivity contribution in [3.05, 3.63) is 35.4 Å². The van der Waals surface area contributed by atoms with Gasteiger partial charge in [-0.05, 0) is 110 Å². The summed E-state index contributed by atoms with van der Waals surface area (Å²) in [6, 6.07) is -0.855. The van der Waals surface area contributed by atoms with Crippen molar-refractivity contribution in [2.24, 2.45) is 50.7 Å². The largest absolute Gasteiger partial charge is 0.480 e. The summed E-state index contributed by atoms with van der Waals surface area (Å²) in [5.41, 5.74) is 2.55. The molecule has 3 fully saturated rings. The Morgan fingerprint density at radius 3 is 2.33 bits per heavy atom. The van der Waals surface area contributed by atoms with E-state index in [2.05, 4.69) is 52.9 Å². The van der Waals surface area contributed by atoms with E-state index in [-0.39, 0.29) is 46.0 Å². The summed E-state index contributed by atoms with van der Waals surface area (Å²) in [6.07, 6.45) is 15.0.